The topological polar surface area (TPSA) is 80.5 Å². The monoisotopic (exact) mass is 314 g/mol. The van der Waals surface area contributed by atoms with Crippen molar-refractivity contribution < 1.29 is 14.1 Å². The number of amides is 1. The number of ether oxygens (including phenoxy) is 1. The van der Waals surface area contributed by atoms with E-state index in [4.69, 9.17) is 9.26 Å². The highest BCUT2D eigenvalue weighted by atomic mass is 16.5. The molecule has 7 heteroatoms. The van der Waals surface area contributed by atoms with Gasteiger partial charge in [0.05, 0.1) is 36.7 Å². The van der Waals surface area contributed by atoms with Gasteiger partial charge in [0.25, 0.3) is 5.91 Å². The SMILES string of the molecule is O=C(c1ccno1)N1CC[C@]2(C[C@@H](Nc3cccnc3)CO2)C1. The van der Waals surface area contributed by atoms with Gasteiger partial charge in [0.2, 0.25) is 5.76 Å². The van der Waals surface area contributed by atoms with E-state index in [2.05, 4.69) is 15.5 Å². The van der Waals surface area contributed by atoms with Gasteiger partial charge in [0.1, 0.15) is 0 Å². The molecule has 23 heavy (non-hydrogen) atoms. The zero-order valence-electron chi connectivity index (χ0n) is 12.6. The first-order valence-electron chi connectivity index (χ1n) is 7.75. The van der Waals surface area contributed by atoms with Crippen molar-refractivity contribution in [1.29, 1.82) is 0 Å². The summed E-state index contributed by atoms with van der Waals surface area (Å²) in [5.41, 5.74) is 0.737. The van der Waals surface area contributed by atoms with E-state index in [1.807, 2.05) is 12.1 Å². The summed E-state index contributed by atoms with van der Waals surface area (Å²) < 4.78 is 11.0. The summed E-state index contributed by atoms with van der Waals surface area (Å²) in [4.78, 5) is 18.2. The van der Waals surface area contributed by atoms with Crippen LogP contribution < -0.4 is 5.32 Å². The number of carbonyl (C=O) groups excluding carboxylic acids is 1. The molecule has 2 aliphatic heterocycles. The number of hydrogen-bond donors (Lipinski definition) is 1. The van der Waals surface area contributed by atoms with Gasteiger partial charge in [-0.05, 0) is 18.6 Å². The number of nitrogens with one attached hydrogen (secondary N) is 1. The highest BCUT2D eigenvalue weighted by Gasteiger charge is 2.47. The second-order valence-corrected chi connectivity index (χ2v) is 6.13. The Morgan fingerprint density at radius 1 is 1.39 bits per heavy atom. The summed E-state index contributed by atoms with van der Waals surface area (Å²) in [7, 11) is 0. The van der Waals surface area contributed by atoms with Gasteiger partial charge in [-0.15, -0.1) is 0 Å². The average molecular weight is 314 g/mol. The predicted octanol–water partition coefficient (Wildman–Crippen LogP) is 1.56. The molecule has 0 aromatic carbocycles. The van der Waals surface area contributed by atoms with Crippen LogP contribution >= 0.6 is 0 Å². The summed E-state index contributed by atoms with van der Waals surface area (Å²) in [5.74, 6) is 0.164. The molecular weight excluding hydrogens is 296 g/mol. The fraction of sp³-hybridized carbons (Fsp3) is 0.438. The van der Waals surface area contributed by atoms with Gasteiger partial charge in [0.15, 0.2) is 0 Å². The molecule has 2 aromatic rings. The number of rotatable bonds is 3. The number of aromatic nitrogens is 2. The maximum Gasteiger partial charge on any atom is 0.292 e. The van der Waals surface area contributed by atoms with Crippen LogP contribution in [0, 0.1) is 0 Å². The van der Waals surface area contributed by atoms with E-state index in [0.29, 0.717) is 19.7 Å². The molecule has 2 atom stereocenters. The maximum atomic E-state index is 12.3. The molecule has 0 unspecified atom stereocenters. The lowest BCUT2D eigenvalue weighted by molar-refractivity contribution is 0.0120. The molecule has 2 aromatic heterocycles. The van der Waals surface area contributed by atoms with E-state index in [-0.39, 0.29) is 23.3 Å². The van der Waals surface area contributed by atoms with E-state index < -0.39 is 0 Å². The van der Waals surface area contributed by atoms with Gasteiger partial charge >= 0.3 is 0 Å². The Morgan fingerprint density at radius 3 is 3.13 bits per heavy atom. The van der Waals surface area contributed by atoms with Crippen molar-refractivity contribution in [2.24, 2.45) is 0 Å². The molecule has 0 saturated carbocycles. The highest BCUT2D eigenvalue weighted by molar-refractivity contribution is 5.91. The quantitative estimate of drug-likeness (QED) is 0.926. The zero-order valence-corrected chi connectivity index (χ0v) is 12.6. The Morgan fingerprint density at radius 2 is 2.35 bits per heavy atom. The van der Waals surface area contributed by atoms with Crippen LogP contribution in [-0.4, -0.2) is 52.3 Å². The molecule has 0 aliphatic carbocycles. The summed E-state index contributed by atoms with van der Waals surface area (Å²) in [6.07, 6.45) is 6.76. The molecule has 1 amide bonds. The van der Waals surface area contributed by atoms with Crippen LogP contribution in [-0.2, 0) is 4.74 Å². The summed E-state index contributed by atoms with van der Waals surface area (Å²) in [6.45, 7) is 1.91. The molecule has 2 aliphatic rings. The van der Waals surface area contributed by atoms with Crippen LogP contribution in [0.3, 0.4) is 0 Å². The maximum absolute atomic E-state index is 12.3. The first-order valence-corrected chi connectivity index (χ1v) is 7.75. The predicted molar refractivity (Wildman–Crippen MR) is 82.0 cm³/mol. The van der Waals surface area contributed by atoms with Crippen molar-refractivity contribution >= 4 is 11.6 Å². The minimum absolute atomic E-state index is 0.119. The Kier molecular flexibility index (Phi) is 3.49. The van der Waals surface area contributed by atoms with E-state index >= 15 is 0 Å². The molecule has 4 heterocycles. The van der Waals surface area contributed by atoms with Gasteiger partial charge < -0.3 is 19.5 Å². The lowest BCUT2D eigenvalue weighted by Crippen LogP contribution is -2.36. The summed E-state index contributed by atoms with van der Waals surface area (Å²) >= 11 is 0. The molecule has 1 N–H and O–H groups in total. The number of hydrogen-bond acceptors (Lipinski definition) is 6. The summed E-state index contributed by atoms with van der Waals surface area (Å²) in [6, 6.07) is 5.73. The number of likely N-dealkylation sites (tertiary alicyclic amines) is 1. The normalized spacial score (nSPS) is 26.8. The standard InChI is InChI=1S/C16H18N4O3/c21-15(14-3-6-18-23-14)20-7-4-16(11-20)8-13(10-22-16)19-12-2-1-5-17-9-12/h1-3,5-6,9,13,19H,4,7-8,10-11H2/t13-,16+/m1/s1. The van der Waals surface area contributed by atoms with Gasteiger partial charge in [-0.3, -0.25) is 9.78 Å². The number of nitrogens with zero attached hydrogens (tertiary/aromatic N) is 3. The van der Waals surface area contributed by atoms with Crippen LogP contribution in [0.5, 0.6) is 0 Å². The van der Waals surface area contributed by atoms with Crippen molar-refractivity contribution in [3.8, 4) is 0 Å². The van der Waals surface area contributed by atoms with Crippen molar-refractivity contribution in [2.75, 3.05) is 25.0 Å². The molecule has 0 bridgehead atoms. The van der Waals surface area contributed by atoms with E-state index in [9.17, 15) is 4.79 Å². The van der Waals surface area contributed by atoms with Crippen molar-refractivity contribution in [1.82, 2.24) is 15.0 Å². The second kappa shape index (κ2) is 5.66. The molecular formula is C16H18N4O3. The molecule has 2 fully saturated rings. The lowest BCUT2D eigenvalue weighted by Gasteiger charge is -2.23. The smallest absolute Gasteiger partial charge is 0.292 e. The minimum atomic E-state index is -0.254. The van der Waals surface area contributed by atoms with E-state index in [1.165, 1.54) is 6.20 Å². The molecule has 120 valence electrons. The minimum Gasteiger partial charge on any atom is -0.379 e. The van der Waals surface area contributed by atoms with Crippen LogP contribution in [0.2, 0.25) is 0 Å². The van der Waals surface area contributed by atoms with Gasteiger partial charge in [0, 0.05) is 31.4 Å². The Hall–Kier alpha value is -2.41. The van der Waals surface area contributed by atoms with Crippen LogP contribution in [0.4, 0.5) is 5.69 Å². The van der Waals surface area contributed by atoms with E-state index in [1.54, 1.807) is 23.4 Å². The molecule has 4 rings (SSSR count). The molecule has 7 nitrogen and oxygen atoms in total. The third kappa shape index (κ3) is 2.79. The molecule has 0 radical (unpaired) electrons. The lowest BCUT2D eigenvalue weighted by atomic mass is 9.97. The summed E-state index contributed by atoms with van der Waals surface area (Å²) in [5, 5.41) is 7.04. The Labute approximate surface area is 133 Å². The number of pyridine rings is 1. The van der Waals surface area contributed by atoms with Crippen LogP contribution in [0.1, 0.15) is 23.4 Å². The fourth-order valence-electron chi connectivity index (χ4n) is 3.41. The fourth-order valence-corrected chi connectivity index (χ4v) is 3.41. The van der Waals surface area contributed by atoms with Gasteiger partial charge in [-0.1, -0.05) is 5.16 Å². The number of carbonyl (C=O) groups is 1. The van der Waals surface area contributed by atoms with Crippen LogP contribution in [0.15, 0.2) is 41.3 Å². The third-order valence-corrected chi connectivity index (χ3v) is 4.49. The molecule has 1 spiro atoms. The van der Waals surface area contributed by atoms with Gasteiger partial charge in [-0.2, -0.15) is 0 Å². The molecule has 2 saturated heterocycles. The third-order valence-electron chi connectivity index (χ3n) is 4.49. The van der Waals surface area contributed by atoms with Crippen molar-refractivity contribution in [2.45, 2.75) is 24.5 Å². The largest absolute Gasteiger partial charge is 0.379 e. The zero-order chi connectivity index (χ0) is 15.7. The highest BCUT2D eigenvalue weighted by Crippen LogP contribution is 2.36. The number of anilines is 1. The Balaban J connectivity index is 1.38. The van der Waals surface area contributed by atoms with Crippen LogP contribution in [0.25, 0.3) is 0 Å². The second-order valence-electron chi connectivity index (χ2n) is 6.13. The van der Waals surface area contributed by atoms with Crippen molar-refractivity contribution in [3.63, 3.8) is 0 Å². The van der Waals surface area contributed by atoms with Gasteiger partial charge in [-0.25, -0.2) is 0 Å². The average Bonchev–Trinajstić information content (AvgIpc) is 3.31. The first-order chi connectivity index (χ1) is 11.2. The van der Waals surface area contributed by atoms with E-state index in [0.717, 1.165) is 18.5 Å². The van der Waals surface area contributed by atoms with Crippen molar-refractivity contribution in [3.05, 3.63) is 42.5 Å². The first kappa shape index (κ1) is 14.2. The Bertz CT molecular complexity index is 676.